The number of carbonyl (C=O) groups excluding carboxylic acids is 1. The Morgan fingerprint density at radius 2 is 0.800 bits per heavy atom. The Balaban J connectivity index is 3.03. The molecule has 0 bridgehead atoms. The molecular weight excluding hydrogens is 318 g/mol. The Labute approximate surface area is 153 Å². The van der Waals surface area contributed by atoms with Gasteiger partial charge in [-0.3, -0.25) is 14.8 Å². The highest BCUT2D eigenvalue weighted by Crippen LogP contribution is 2.14. The smallest absolute Gasteiger partial charge is 0.303 e. The molecule has 1 amide bonds. The molecule has 148 valence electrons. The van der Waals surface area contributed by atoms with E-state index in [1.165, 1.54) is 77.0 Å². The number of hydrogen-bond donors (Lipinski definition) is 3. The van der Waals surface area contributed by atoms with E-state index < -0.39 is 5.97 Å². The number of amides is 1. The Hall–Kier alpha value is -1.10. The molecule has 0 aliphatic rings. The minimum atomic E-state index is -0.674. The van der Waals surface area contributed by atoms with Crippen molar-refractivity contribution < 1.29 is 19.9 Å². The number of aliphatic carboxylic acids is 1. The summed E-state index contributed by atoms with van der Waals surface area (Å²) in [5, 5.41) is 16.9. The second-order valence-electron chi connectivity index (χ2n) is 7.09. The lowest BCUT2D eigenvalue weighted by atomic mass is 10.0. The van der Waals surface area contributed by atoms with Gasteiger partial charge in [-0.2, -0.15) is 0 Å². The van der Waals surface area contributed by atoms with Gasteiger partial charge in [-0.1, -0.05) is 89.9 Å². The quantitative estimate of drug-likeness (QED) is 0.160. The van der Waals surface area contributed by atoms with Gasteiger partial charge in [0.05, 0.1) is 0 Å². The van der Waals surface area contributed by atoms with Gasteiger partial charge < -0.3 is 5.11 Å². The third-order valence-electron chi connectivity index (χ3n) is 4.67. The summed E-state index contributed by atoms with van der Waals surface area (Å²) in [4.78, 5) is 21.2. The molecule has 0 aromatic heterocycles. The molecule has 0 rings (SSSR count). The first-order valence-corrected chi connectivity index (χ1v) is 10.3. The largest absolute Gasteiger partial charge is 0.481 e. The van der Waals surface area contributed by atoms with Gasteiger partial charge in [-0.25, -0.2) is 5.48 Å². The maximum atomic E-state index is 10.8. The van der Waals surface area contributed by atoms with Crippen LogP contribution in [0.3, 0.4) is 0 Å². The second kappa shape index (κ2) is 19.2. The summed E-state index contributed by atoms with van der Waals surface area (Å²) in [6.45, 7) is 0. The van der Waals surface area contributed by atoms with E-state index in [0.29, 0.717) is 12.8 Å². The van der Waals surface area contributed by atoms with Crippen LogP contribution < -0.4 is 5.48 Å². The highest BCUT2D eigenvalue weighted by molar-refractivity contribution is 5.74. The van der Waals surface area contributed by atoms with Crippen LogP contribution in [0.4, 0.5) is 0 Å². The average Bonchev–Trinajstić information content (AvgIpc) is 2.60. The Morgan fingerprint density at radius 1 is 0.520 bits per heavy atom. The number of hydroxylamine groups is 1. The van der Waals surface area contributed by atoms with Crippen molar-refractivity contribution in [3.63, 3.8) is 0 Å². The van der Waals surface area contributed by atoms with E-state index in [1.54, 1.807) is 5.48 Å². The summed E-state index contributed by atoms with van der Waals surface area (Å²) >= 11 is 0. The van der Waals surface area contributed by atoms with Crippen molar-refractivity contribution in [1.29, 1.82) is 0 Å². The maximum absolute atomic E-state index is 10.8. The van der Waals surface area contributed by atoms with Crippen LogP contribution in [0.1, 0.15) is 116 Å². The molecule has 5 heteroatoms. The lowest BCUT2D eigenvalue weighted by Crippen LogP contribution is -2.17. The highest BCUT2D eigenvalue weighted by Gasteiger charge is 1.99. The van der Waals surface area contributed by atoms with Gasteiger partial charge in [0.1, 0.15) is 0 Å². The van der Waals surface area contributed by atoms with Crippen LogP contribution >= 0.6 is 0 Å². The topological polar surface area (TPSA) is 86.6 Å². The zero-order valence-electron chi connectivity index (χ0n) is 15.9. The van der Waals surface area contributed by atoms with E-state index >= 15 is 0 Å². The third kappa shape index (κ3) is 20.9. The van der Waals surface area contributed by atoms with Gasteiger partial charge in [-0.15, -0.1) is 0 Å². The summed E-state index contributed by atoms with van der Waals surface area (Å²) in [5.41, 5.74) is 1.66. The van der Waals surface area contributed by atoms with Gasteiger partial charge in [0.15, 0.2) is 0 Å². The van der Waals surface area contributed by atoms with Crippen LogP contribution in [0.15, 0.2) is 0 Å². The number of carbonyl (C=O) groups is 2. The Kier molecular flexibility index (Phi) is 18.4. The van der Waals surface area contributed by atoms with Crippen molar-refractivity contribution in [2.24, 2.45) is 0 Å². The van der Waals surface area contributed by atoms with Crippen LogP contribution in [0.5, 0.6) is 0 Å². The van der Waals surface area contributed by atoms with Gasteiger partial charge in [0.25, 0.3) is 0 Å². The summed E-state index contributed by atoms with van der Waals surface area (Å²) in [7, 11) is 0. The molecule has 0 spiro atoms. The standard InChI is InChI=1S/C20H39NO4/c22-19(21-25)17-15-13-11-9-7-5-3-1-2-4-6-8-10-12-14-16-18-20(23)24/h25H,1-18H2,(H,21,22)(H,23,24). The lowest BCUT2D eigenvalue weighted by Gasteiger charge is -2.03. The molecule has 0 aromatic rings. The van der Waals surface area contributed by atoms with E-state index in [2.05, 4.69) is 0 Å². The maximum Gasteiger partial charge on any atom is 0.303 e. The summed E-state index contributed by atoms with van der Waals surface area (Å²) < 4.78 is 0. The van der Waals surface area contributed by atoms with Crippen molar-refractivity contribution in [1.82, 2.24) is 5.48 Å². The molecule has 0 fully saturated rings. The zero-order chi connectivity index (χ0) is 18.6. The van der Waals surface area contributed by atoms with Gasteiger partial charge in [0, 0.05) is 12.8 Å². The summed E-state index contributed by atoms with van der Waals surface area (Å²) in [5.74, 6) is -0.953. The van der Waals surface area contributed by atoms with Gasteiger partial charge in [-0.05, 0) is 12.8 Å². The molecule has 0 heterocycles. The van der Waals surface area contributed by atoms with Crippen LogP contribution in [-0.2, 0) is 9.59 Å². The molecule has 0 atom stereocenters. The van der Waals surface area contributed by atoms with Crippen LogP contribution in [0.25, 0.3) is 0 Å². The highest BCUT2D eigenvalue weighted by atomic mass is 16.5. The predicted octanol–water partition coefficient (Wildman–Crippen LogP) is 5.60. The number of carboxylic acids is 1. The fraction of sp³-hybridized carbons (Fsp3) is 0.900. The van der Waals surface area contributed by atoms with Crippen molar-refractivity contribution in [2.75, 3.05) is 0 Å². The van der Waals surface area contributed by atoms with E-state index in [-0.39, 0.29) is 5.91 Å². The lowest BCUT2D eigenvalue weighted by molar-refractivity contribution is -0.137. The van der Waals surface area contributed by atoms with E-state index in [9.17, 15) is 9.59 Å². The predicted molar refractivity (Wildman–Crippen MR) is 101 cm³/mol. The molecule has 0 saturated carbocycles. The third-order valence-corrected chi connectivity index (χ3v) is 4.67. The first kappa shape index (κ1) is 23.9. The Morgan fingerprint density at radius 3 is 1.08 bits per heavy atom. The first-order valence-electron chi connectivity index (χ1n) is 10.3. The SMILES string of the molecule is O=C(O)CCCCCCCCCCCCCCCCCCC(=O)NO. The molecule has 0 aliphatic heterocycles. The Bertz CT molecular complexity index is 321. The second-order valence-corrected chi connectivity index (χ2v) is 7.09. The number of rotatable bonds is 19. The molecule has 0 saturated heterocycles. The van der Waals surface area contributed by atoms with E-state index in [0.717, 1.165) is 25.7 Å². The summed E-state index contributed by atoms with van der Waals surface area (Å²) in [6, 6.07) is 0. The van der Waals surface area contributed by atoms with Crippen LogP contribution in [0, 0.1) is 0 Å². The van der Waals surface area contributed by atoms with Crippen LogP contribution in [-0.4, -0.2) is 22.2 Å². The molecule has 0 aromatic carbocycles. The first-order chi connectivity index (χ1) is 12.2. The van der Waals surface area contributed by atoms with E-state index in [1.807, 2.05) is 0 Å². The molecule has 5 nitrogen and oxygen atoms in total. The van der Waals surface area contributed by atoms with E-state index in [4.69, 9.17) is 10.3 Å². The zero-order valence-corrected chi connectivity index (χ0v) is 15.9. The molecule has 25 heavy (non-hydrogen) atoms. The monoisotopic (exact) mass is 357 g/mol. The molecule has 0 unspecified atom stereocenters. The van der Waals surface area contributed by atoms with Gasteiger partial charge in [0.2, 0.25) is 5.91 Å². The van der Waals surface area contributed by atoms with Crippen LogP contribution in [0.2, 0.25) is 0 Å². The van der Waals surface area contributed by atoms with Crippen molar-refractivity contribution >= 4 is 11.9 Å². The number of unbranched alkanes of at least 4 members (excludes halogenated alkanes) is 15. The van der Waals surface area contributed by atoms with Crippen molar-refractivity contribution in [3.05, 3.63) is 0 Å². The molecule has 0 radical (unpaired) electrons. The van der Waals surface area contributed by atoms with Crippen molar-refractivity contribution in [2.45, 2.75) is 116 Å². The molecule has 3 N–H and O–H groups in total. The molecular formula is C20H39NO4. The minimum absolute atomic E-state index is 0.279. The fourth-order valence-corrected chi connectivity index (χ4v) is 3.09. The number of carboxylic acid groups (broad SMARTS) is 1. The number of nitrogens with one attached hydrogen (secondary N) is 1. The number of hydrogen-bond acceptors (Lipinski definition) is 3. The van der Waals surface area contributed by atoms with Crippen molar-refractivity contribution in [3.8, 4) is 0 Å². The van der Waals surface area contributed by atoms with Gasteiger partial charge >= 0.3 is 5.97 Å². The normalized spacial score (nSPS) is 10.8. The molecule has 0 aliphatic carbocycles. The fourth-order valence-electron chi connectivity index (χ4n) is 3.09. The average molecular weight is 358 g/mol. The minimum Gasteiger partial charge on any atom is -0.481 e. The summed E-state index contributed by atoms with van der Waals surface area (Å²) in [6.07, 6.45) is 20.0.